The standard InChI is InChI=1S/C61H42N2S/c1-61(2)53-28-13-11-26-51(53)59-49(27-16-29-54(59)61)42-21-15-22-43(33-42)55-38-56(63-60(62-55)40-19-7-4-8-20-40)46-35-44(41-31-32-58-52(37-41)50-25-12-14-30-57(50)64-58)34-45(36-46)48-24-10-9-23-47(48)39-17-5-3-6-18-39/h3-38H,1-2H3. The number of thiophene rings is 1. The molecule has 0 saturated heterocycles. The van der Waals surface area contributed by atoms with Crippen molar-refractivity contribution in [3.05, 3.63) is 230 Å². The normalized spacial score (nSPS) is 12.7. The number of fused-ring (bicyclic) bond motifs is 6. The largest absolute Gasteiger partial charge is 0.228 e. The van der Waals surface area contributed by atoms with E-state index in [9.17, 15) is 0 Å². The van der Waals surface area contributed by atoms with Crippen LogP contribution in [0.25, 0.3) is 110 Å². The Labute approximate surface area is 377 Å². The quantitative estimate of drug-likeness (QED) is 0.160. The van der Waals surface area contributed by atoms with Crippen molar-refractivity contribution in [2.75, 3.05) is 0 Å². The molecule has 12 rings (SSSR count). The number of aromatic nitrogens is 2. The van der Waals surface area contributed by atoms with Crippen LogP contribution >= 0.6 is 11.3 Å². The molecule has 0 aliphatic heterocycles. The molecule has 0 fully saturated rings. The number of rotatable bonds is 7. The summed E-state index contributed by atoms with van der Waals surface area (Å²) >= 11 is 1.85. The number of hydrogen-bond acceptors (Lipinski definition) is 3. The van der Waals surface area contributed by atoms with E-state index in [0.717, 1.165) is 39.2 Å². The van der Waals surface area contributed by atoms with Crippen molar-refractivity contribution in [1.29, 1.82) is 0 Å². The molecule has 11 aromatic rings. The van der Waals surface area contributed by atoms with Crippen molar-refractivity contribution in [2.24, 2.45) is 0 Å². The molecule has 2 aromatic heterocycles. The van der Waals surface area contributed by atoms with Crippen LogP contribution < -0.4 is 0 Å². The fourth-order valence-corrected chi connectivity index (χ4v) is 11.0. The predicted molar refractivity (Wildman–Crippen MR) is 271 cm³/mol. The van der Waals surface area contributed by atoms with Gasteiger partial charge in [-0.05, 0) is 115 Å². The maximum absolute atomic E-state index is 5.39. The highest BCUT2D eigenvalue weighted by molar-refractivity contribution is 7.25. The van der Waals surface area contributed by atoms with E-state index in [1.54, 1.807) is 0 Å². The summed E-state index contributed by atoms with van der Waals surface area (Å²) in [6, 6.07) is 79.2. The van der Waals surface area contributed by atoms with E-state index < -0.39 is 0 Å². The van der Waals surface area contributed by atoms with E-state index in [1.807, 2.05) is 17.4 Å². The third-order valence-corrected chi connectivity index (χ3v) is 14.2. The Kier molecular flexibility index (Phi) is 9.06. The molecule has 64 heavy (non-hydrogen) atoms. The number of nitrogens with zero attached hydrogens (tertiary/aromatic N) is 2. The Balaban J connectivity index is 1.06. The van der Waals surface area contributed by atoms with Gasteiger partial charge in [0.25, 0.3) is 0 Å². The lowest BCUT2D eigenvalue weighted by molar-refractivity contribution is 0.660. The Morgan fingerprint density at radius 3 is 1.69 bits per heavy atom. The molecule has 0 N–H and O–H groups in total. The van der Waals surface area contributed by atoms with Crippen LogP contribution in [-0.4, -0.2) is 9.97 Å². The van der Waals surface area contributed by atoms with Gasteiger partial charge < -0.3 is 0 Å². The highest BCUT2D eigenvalue weighted by Crippen LogP contribution is 2.52. The number of benzene rings is 9. The van der Waals surface area contributed by atoms with Crippen LogP contribution in [0.2, 0.25) is 0 Å². The van der Waals surface area contributed by atoms with Crippen molar-refractivity contribution in [3.8, 4) is 89.5 Å². The molecule has 1 aliphatic carbocycles. The molecular weight excluding hydrogens is 793 g/mol. The van der Waals surface area contributed by atoms with Gasteiger partial charge in [-0.2, -0.15) is 0 Å². The van der Waals surface area contributed by atoms with Gasteiger partial charge in [-0.3, -0.25) is 0 Å². The molecule has 0 atom stereocenters. The molecule has 2 heterocycles. The Hall–Kier alpha value is -7.72. The molecule has 0 saturated carbocycles. The molecule has 3 heteroatoms. The monoisotopic (exact) mass is 834 g/mol. The maximum Gasteiger partial charge on any atom is 0.160 e. The maximum atomic E-state index is 5.39. The average Bonchev–Trinajstić information content (AvgIpc) is 3.85. The zero-order valence-corrected chi connectivity index (χ0v) is 36.4. The number of hydrogen-bond donors (Lipinski definition) is 0. The third-order valence-electron chi connectivity index (χ3n) is 13.1. The molecule has 0 bridgehead atoms. The summed E-state index contributed by atoms with van der Waals surface area (Å²) in [4.78, 5) is 10.7. The van der Waals surface area contributed by atoms with E-state index in [2.05, 4.69) is 226 Å². The molecule has 1 aliphatic rings. The highest BCUT2D eigenvalue weighted by Gasteiger charge is 2.36. The lowest BCUT2D eigenvalue weighted by atomic mass is 9.82. The van der Waals surface area contributed by atoms with Crippen molar-refractivity contribution in [1.82, 2.24) is 9.97 Å². The van der Waals surface area contributed by atoms with Gasteiger partial charge in [-0.15, -0.1) is 11.3 Å². The summed E-state index contributed by atoms with van der Waals surface area (Å²) in [7, 11) is 0. The average molecular weight is 835 g/mol. The summed E-state index contributed by atoms with van der Waals surface area (Å²) in [5.41, 5.74) is 19.5. The Morgan fingerprint density at radius 1 is 0.328 bits per heavy atom. The van der Waals surface area contributed by atoms with Gasteiger partial charge in [0.1, 0.15) is 0 Å². The van der Waals surface area contributed by atoms with Crippen LogP contribution in [0.3, 0.4) is 0 Å². The Morgan fingerprint density at radius 2 is 0.875 bits per heavy atom. The van der Waals surface area contributed by atoms with Gasteiger partial charge in [0.2, 0.25) is 0 Å². The third kappa shape index (κ3) is 6.47. The molecule has 2 nitrogen and oxygen atoms in total. The SMILES string of the molecule is CC1(C)c2ccccc2-c2c(-c3cccc(-c4cc(-c5cc(-c6ccc7sc8ccccc8c7c6)cc(-c6ccccc6-c6ccccc6)c5)nc(-c5ccccc5)n4)c3)cccc21. The summed E-state index contributed by atoms with van der Waals surface area (Å²) in [6.07, 6.45) is 0. The van der Waals surface area contributed by atoms with Crippen LogP contribution in [0.15, 0.2) is 218 Å². The fraction of sp³-hybridized carbons (Fsp3) is 0.0492. The molecule has 9 aromatic carbocycles. The second-order valence-electron chi connectivity index (χ2n) is 17.3. The summed E-state index contributed by atoms with van der Waals surface area (Å²) in [5, 5.41) is 2.57. The van der Waals surface area contributed by atoms with Crippen LogP contribution in [0.4, 0.5) is 0 Å². The summed E-state index contributed by atoms with van der Waals surface area (Å²) in [5.74, 6) is 0.692. The van der Waals surface area contributed by atoms with Crippen LogP contribution in [0, 0.1) is 0 Å². The zero-order valence-electron chi connectivity index (χ0n) is 35.6. The molecule has 0 spiro atoms. The topological polar surface area (TPSA) is 25.8 Å². The molecule has 0 unspecified atom stereocenters. The van der Waals surface area contributed by atoms with Crippen molar-refractivity contribution in [2.45, 2.75) is 19.3 Å². The second-order valence-corrected chi connectivity index (χ2v) is 18.4. The van der Waals surface area contributed by atoms with Gasteiger partial charge in [0.15, 0.2) is 5.82 Å². The van der Waals surface area contributed by atoms with Crippen molar-refractivity contribution < 1.29 is 0 Å². The first-order valence-corrected chi connectivity index (χ1v) is 22.8. The van der Waals surface area contributed by atoms with Crippen molar-refractivity contribution >= 4 is 31.5 Å². The minimum absolute atomic E-state index is 0.0794. The second kappa shape index (κ2) is 15.3. The fourth-order valence-electron chi connectivity index (χ4n) is 9.91. The minimum Gasteiger partial charge on any atom is -0.228 e. The first-order chi connectivity index (χ1) is 31.5. The van der Waals surface area contributed by atoms with Gasteiger partial charge in [-0.1, -0.05) is 184 Å². The molecule has 0 amide bonds. The lowest BCUT2D eigenvalue weighted by Gasteiger charge is -2.21. The highest BCUT2D eigenvalue weighted by atomic mass is 32.1. The molecule has 302 valence electrons. The first-order valence-electron chi connectivity index (χ1n) is 22.0. The Bertz CT molecular complexity index is 3580. The molecular formula is C61H42N2S. The van der Waals surface area contributed by atoms with Crippen molar-refractivity contribution in [3.63, 3.8) is 0 Å². The van der Waals surface area contributed by atoms with Crippen LogP contribution in [0.1, 0.15) is 25.0 Å². The lowest BCUT2D eigenvalue weighted by Crippen LogP contribution is -2.14. The van der Waals surface area contributed by atoms with E-state index >= 15 is 0 Å². The van der Waals surface area contributed by atoms with E-state index in [0.29, 0.717) is 5.82 Å². The van der Waals surface area contributed by atoms with Gasteiger partial charge in [0.05, 0.1) is 11.4 Å². The van der Waals surface area contributed by atoms with E-state index in [-0.39, 0.29) is 5.41 Å². The van der Waals surface area contributed by atoms with Gasteiger partial charge >= 0.3 is 0 Å². The molecule has 0 radical (unpaired) electrons. The van der Waals surface area contributed by atoms with Gasteiger partial charge in [-0.25, -0.2) is 9.97 Å². The van der Waals surface area contributed by atoms with Crippen LogP contribution in [-0.2, 0) is 5.41 Å². The zero-order chi connectivity index (χ0) is 42.8. The first kappa shape index (κ1) is 38.0. The van der Waals surface area contributed by atoms with Crippen LogP contribution in [0.5, 0.6) is 0 Å². The minimum atomic E-state index is -0.0794. The summed E-state index contributed by atoms with van der Waals surface area (Å²) in [6.45, 7) is 4.68. The van der Waals surface area contributed by atoms with Gasteiger partial charge in [0, 0.05) is 42.3 Å². The van der Waals surface area contributed by atoms with E-state index in [4.69, 9.17) is 9.97 Å². The summed E-state index contributed by atoms with van der Waals surface area (Å²) < 4.78 is 2.59. The smallest absolute Gasteiger partial charge is 0.160 e. The predicted octanol–water partition coefficient (Wildman–Crippen LogP) is 16.8. The van der Waals surface area contributed by atoms with E-state index in [1.165, 1.54) is 75.8 Å².